The van der Waals surface area contributed by atoms with Crippen LogP contribution in [0.2, 0.25) is 5.02 Å². The molecule has 0 aliphatic carbocycles. The van der Waals surface area contributed by atoms with Gasteiger partial charge in [-0.3, -0.25) is 14.5 Å². The summed E-state index contributed by atoms with van der Waals surface area (Å²) in [7, 11) is 0. The minimum atomic E-state index is -1.10. The number of carbonyl (C=O) groups excluding carboxylic acids is 1. The van der Waals surface area contributed by atoms with E-state index in [2.05, 4.69) is 0 Å². The number of rotatable bonds is 3. The summed E-state index contributed by atoms with van der Waals surface area (Å²) in [5.41, 5.74) is 0.767. The molecule has 1 fully saturated rings. The SMILES string of the molecule is O=C(O)CN1C(=O)C(=Cc2cccc(Cl)c2)SC1=S. The van der Waals surface area contributed by atoms with Crippen molar-refractivity contribution in [2.75, 3.05) is 6.54 Å². The van der Waals surface area contributed by atoms with Crippen molar-refractivity contribution in [2.24, 2.45) is 0 Å². The van der Waals surface area contributed by atoms with Crippen molar-refractivity contribution in [3.63, 3.8) is 0 Å². The Bertz CT molecular complexity index is 600. The molecule has 0 bridgehead atoms. The van der Waals surface area contributed by atoms with Gasteiger partial charge in [-0.05, 0) is 23.8 Å². The van der Waals surface area contributed by atoms with Gasteiger partial charge in [0.25, 0.3) is 5.91 Å². The molecule has 1 saturated heterocycles. The number of hydrogen-bond acceptors (Lipinski definition) is 4. The second kappa shape index (κ2) is 5.73. The summed E-state index contributed by atoms with van der Waals surface area (Å²) in [5.74, 6) is -1.49. The number of amides is 1. The van der Waals surface area contributed by atoms with Gasteiger partial charge in [-0.2, -0.15) is 0 Å². The lowest BCUT2D eigenvalue weighted by molar-refractivity contribution is -0.140. The van der Waals surface area contributed by atoms with Crippen LogP contribution in [-0.2, 0) is 9.59 Å². The molecule has 0 aromatic heterocycles. The molecule has 0 saturated carbocycles. The van der Waals surface area contributed by atoms with E-state index in [1.165, 1.54) is 0 Å². The number of nitrogens with zero attached hydrogens (tertiary/aromatic N) is 1. The maximum absolute atomic E-state index is 12.0. The molecular weight excluding hydrogens is 306 g/mol. The van der Waals surface area contributed by atoms with E-state index in [-0.39, 0.29) is 4.32 Å². The van der Waals surface area contributed by atoms with Gasteiger partial charge < -0.3 is 5.11 Å². The summed E-state index contributed by atoms with van der Waals surface area (Å²) >= 11 is 11.9. The number of thioether (sulfide) groups is 1. The first-order valence-electron chi connectivity index (χ1n) is 5.20. The second-order valence-corrected chi connectivity index (χ2v) is 5.83. The molecule has 1 N–H and O–H groups in total. The van der Waals surface area contributed by atoms with Crippen molar-refractivity contribution >= 4 is 57.9 Å². The Balaban J connectivity index is 2.25. The van der Waals surface area contributed by atoms with Gasteiger partial charge in [0.2, 0.25) is 0 Å². The van der Waals surface area contributed by atoms with Gasteiger partial charge >= 0.3 is 5.97 Å². The van der Waals surface area contributed by atoms with E-state index in [1.807, 2.05) is 0 Å². The van der Waals surface area contributed by atoms with Crippen LogP contribution in [0.15, 0.2) is 29.2 Å². The van der Waals surface area contributed by atoms with Crippen molar-refractivity contribution in [3.8, 4) is 0 Å². The Morgan fingerprint density at radius 2 is 2.26 bits per heavy atom. The fraction of sp³-hybridized carbons (Fsp3) is 0.0833. The van der Waals surface area contributed by atoms with Gasteiger partial charge in [-0.25, -0.2) is 0 Å². The highest BCUT2D eigenvalue weighted by Gasteiger charge is 2.33. The van der Waals surface area contributed by atoms with Crippen molar-refractivity contribution in [1.82, 2.24) is 4.90 Å². The van der Waals surface area contributed by atoms with E-state index in [1.54, 1.807) is 30.3 Å². The normalized spacial score (nSPS) is 17.3. The highest BCUT2D eigenvalue weighted by atomic mass is 35.5. The van der Waals surface area contributed by atoms with Gasteiger partial charge in [-0.1, -0.05) is 47.7 Å². The number of benzene rings is 1. The van der Waals surface area contributed by atoms with E-state index in [9.17, 15) is 9.59 Å². The Morgan fingerprint density at radius 3 is 2.89 bits per heavy atom. The molecule has 0 atom stereocenters. The third-order valence-corrected chi connectivity index (χ3v) is 3.93. The Labute approximate surface area is 124 Å². The van der Waals surface area contributed by atoms with Crippen LogP contribution in [0, 0.1) is 0 Å². The van der Waals surface area contributed by atoms with Crippen molar-refractivity contribution in [1.29, 1.82) is 0 Å². The molecule has 98 valence electrons. The number of halogens is 1. The molecule has 4 nitrogen and oxygen atoms in total. The molecule has 1 aromatic carbocycles. The molecule has 2 rings (SSSR count). The van der Waals surface area contributed by atoms with Crippen LogP contribution in [0.1, 0.15) is 5.56 Å². The third-order valence-electron chi connectivity index (χ3n) is 2.31. The molecule has 0 spiro atoms. The molecule has 0 unspecified atom stereocenters. The summed E-state index contributed by atoms with van der Waals surface area (Å²) in [5, 5.41) is 9.29. The lowest BCUT2D eigenvalue weighted by atomic mass is 10.2. The number of hydrogen-bond donors (Lipinski definition) is 1. The van der Waals surface area contributed by atoms with E-state index in [4.69, 9.17) is 28.9 Å². The molecule has 1 aliphatic rings. The average molecular weight is 314 g/mol. The maximum atomic E-state index is 12.0. The fourth-order valence-electron chi connectivity index (χ4n) is 1.52. The van der Waals surface area contributed by atoms with E-state index in [0.29, 0.717) is 9.93 Å². The Hall–Kier alpha value is -1.37. The predicted octanol–water partition coefficient (Wildman–Crippen LogP) is 2.63. The molecule has 1 heterocycles. The van der Waals surface area contributed by atoms with Gasteiger partial charge in [0.05, 0.1) is 4.91 Å². The van der Waals surface area contributed by atoms with Gasteiger partial charge in [0.1, 0.15) is 10.9 Å². The number of carboxylic acid groups (broad SMARTS) is 1. The predicted molar refractivity (Wildman–Crippen MR) is 79.0 cm³/mol. The van der Waals surface area contributed by atoms with E-state index < -0.39 is 18.4 Å². The summed E-state index contributed by atoms with van der Waals surface area (Å²) in [6.45, 7) is -0.419. The second-order valence-electron chi connectivity index (χ2n) is 3.72. The minimum absolute atomic E-state index is 0.251. The topological polar surface area (TPSA) is 57.6 Å². The number of carbonyl (C=O) groups is 2. The average Bonchev–Trinajstić information content (AvgIpc) is 2.57. The summed E-state index contributed by atoms with van der Waals surface area (Å²) < 4.78 is 0.251. The number of carboxylic acids is 1. The van der Waals surface area contributed by atoms with Crippen molar-refractivity contribution in [2.45, 2.75) is 0 Å². The summed E-state index contributed by atoms with van der Waals surface area (Å²) in [4.78, 5) is 24.1. The van der Waals surface area contributed by atoms with Gasteiger partial charge in [0, 0.05) is 5.02 Å². The van der Waals surface area contributed by atoms with Crippen molar-refractivity contribution in [3.05, 3.63) is 39.8 Å². The van der Waals surface area contributed by atoms with Crippen LogP contribution in [0.25, 0.3) is 6.08 Å². The molecule has 0 radical (unpaired) electrons. The molecular formula is C12H8ClNO3S2. The quantitative estimate of drug-likeness (QED) is 0.686. The number of aliphatic carboxylic acids is 1. The zero-order valence-electron chi connectivity index (χ0n) is 9.50. The molecule has 19 heavy (non-hydrogen) atoms. The zero-order chi connectivity index (χ0) is 14.0. The lowest BCUT2D eigenvalue weighted by Gasteiger charge is -2.10. The molecule has 1 amide bonds. The first kappa shape index (κ1) is 14.0. The van der Waals surface area contributed by atoms with Gasteiger partial charge in [-0.15, -0.1) is 0 Å². The minimum Gasteiger partial charge on any atom is -0.480 e. The molecule has 1 aromatic rings. The van der Waals surface area contributed by atoms with Gasteiger partial charge in [0.15, 0.2) is 0 Å². The highest BCUT2D eigenvalue weighted by Crippen LogP contribution is 2.32. The van der Waals surface area contributed by atoms with E-state index in [0.717, 1.165) is 22.2 Å². The van der Waals surface area contributed by atoms with Crippen LogP contribution in [0.4, 0.5) is 0 Å². The largest absolute Gasteiger partial charge is 0.480 e. The Kier molecular flexibility index (Phi) is 4.24. The zero-order valence-corrected chi connectivity index (χ0v) is 11.9. The van der Waals surface area contributed by atoms with E-state index >= 15 is 0 Å². The first-order chi connectivity index (χ1) is 8.97. The van der Waals surface area contributed by atoms with Crippen LogP contribution in [0.5, 0.6) is 0 Å². The maximum Gasteiger partial charge on any atom is 0.323 e. The van der Waals surface area contributed by atoms with Crippen LogP contribution in [-0.4, -0.2) is 32.7 Å². The Morgan fingerprint density at radius 1 is 1.53 bits per heavy atom. The lowest BCUT2D eigenvalue weighted by Crippen LogP contribution is -2.33. The van der Waals surface area contributed by atoms with Crippen LogP contribution < -0.4 is 0 Å². The summed E-state index contributed by atoms with van der Waals surface area (Å²) in [6, 6.07) is 7.02. The molecule has 1 aliphatic heterocycles. The highest BCUT2D eigenvalue weighted by molar-refractivity contribution is 8.26. The fourth-order valence-corrected chi connectivity index (χ4v) is 2.97. The van der Waals surface area contributed by atoms with Crippen molar-refractivity contribution < 1.29 is 14.7 Å². The smallest absolute Gasteiger partial charge is 0.323 e. The van der Waals surface area contributed by atoms with Crippen LogP contribution in [0.3, 0.4) is 0 Å². The van der Waals surface area contributed by atoms with Crippen LogP contribution >= 0.6 is 35.6 Å². The third kappa shape index (κ3) is 3.34. The monoisotopic (exact) mass is 313 g/mol. The molecule has 7 heteroatoms. The summed E-state index contributed by atoms with van der Waals surface area (Å²) in [6.07, 6.45) is 1.65. The first-order valence-corrected chi connectivity index (χ1v) is 6.80. The number of thiocarbonyl (C=S) groups is 1. The standard InChI is InChI=1S/C12H8ClNO3S2/c13-8-3-1-2-7(4-8)5-9-11(17)14(6-10(15)16)12(18)19-9/h1-5H,6H2,(H,15,16).